The maximum Gasteiger partial charge on any atom is 0.318 e. The van der Waals surface area contributed by atoms with Crippen LogP contribution >= 0.6 is 11.3 Å². The first-order valence-electron chi connectivity index (χ1n) is 8.38. The fourth-order valence-electron chi connectivity index (χ4n) is 3.63. The summed E-state index contributed by atoms with van der Waals surface area (Å²) in [5.74, 6) is 1.26. The van der Waals surface area contributed by atoms with E-state index < -0.39 is 0 Å². The highest BCUT2D eigenvalue weighted by atomic mass is 32.1. The number of fused-ring (bicyclic) bond motifs is 4. The number of urea groups is 1. The van der Waals surface area contributed by atoms with Gasteiger partial charge in [0.15, 0.2) is 0 Å². The van der Waals surface area contributed by atoms with Crippen LogP contribution in [-0.2, 0) is 6.54 Å². The standard InChI is InChI=1S/C17H21N5OS/c23-17(20-9-15-3-1-8-24-15)22-11-13-4-5-14(22)12-21(10-13)16-18-6-2-7-19-16/h1-3,6-8,13-14H,4-5,9-12H2,(H,20,23)/t13-,14+/m0/s1. The molecule has 0 radical (unpaired) electrons. The number of thiophene rings is 1. The normalized spacial score (nSPS) is 23.2. The lowest BCUT2D eigenvalue weighted by atomic mass is 9.95. The minimum absolute atomic E-state index is 0.0499. The molecule has 0 spiro atoms. The van der Waals surface area contributed by atoms with E-state index in [4.69, 9.17) is 0 Å². The van der Waals surface area contributed by atoms with E-state index in [9.17, 15) is 4.79 Å². The molecule has 1 N–H and O–H groups in total. The van der Waals surface area contributed by atoms with Crippen LogP contribution < -0.4 is 10.2 Å². The van der Waals surface area contributed by atoms with Crippen LogP contribution in [0.1, 0.15) is 17.7 Å². The van der Waals surface area contributed by atoms with E-state index in [2.05, 4.69) is 20.2 Å². The highest BCUT2D eigenvalue weighted by molar-refractivity contribution is 7.09. The highest BCUT2D eigenvalue weighted by Gasteiger charge is 2.37. The van der Waals surface area contributed by atoms with Crippen molar-refractivity contribution in [3.63, 3.8) is 0 Å². The van der Waals surface area contributed by atoms with Crippen LogP contribution in [0.25, 0.3) is 0 Å². The Morgan fingerprint density at radius 3 is 2.88 bits per heavy atom. The van der Waals surface area contributed by atoms with Gasteiger partial charge in [-0.3, -0.25) is 0 Å². The Kier molecular flexibility index (Phi) is 4.34. The number of hydrogen-bond acceptors (Lipinski definition) is 5. The molecular formula is C17H21N5OS. The zero-order valence-electron chi connectivity index (χ0n) is 13.5. The van der Waals surface area contributed by atoms with Gasteiger partial charge in [0.2, 0.25) is 5.95 Å². The lowest BCUT2D eigenvalue weighted by Crippen LogP contribution is -2.51. The van der Waals surface area contributed by atoms with Gasteiger partial charge in [0.25, 0.3) is 0 Å². The molecular weight excluding hydrogens is 322 g/mol. The summed E-state index contributed by atoms with van der Waals surface area (Å²) in [5, 5.41) is 5.10. The molecule has 0 unspecified atom stereocenters. The van der Waals surface area contributed by atoms with E-state index in [0.717, 1.165) is 32.0 Å². The number of piperidine rings is 1. The van der Waals surface area contributed by atoms with E-state index >= 15 is 0 Å². The van der Waals surface area contributed by atoms with Gasteiger partial charge in [-0.25, -0.2) is 14.8 Å². The van der Waals surface area contributed by atoms with Crippen molar-refractivity contribution in [3.05, 3.63) is 40.8 Å². The SMILES string of the molecule is O=C(NCc1cccs1)N1C[C@H]2CC[C@@H]1CN(c1ncccn1)C2. The van der Waals surface area contributed by atoms with E-state index in [0.29, 0.717) is 12.5 Å². The van der Waals surface area contributed by atoms with Gasteiger partial charge in [-0.05, 0) is 36.3 Å². The zero-order chi connectivity index (χ0) is 16.4. The fraction of sp³-hybridized carbons (Fsp3) is 0.471. The second-order valence-electron chi connectivity index (χ2n) is 6.44. The first-order valence-corrected chi connectivity index (χ1v) is 9.26. The van der Waals surface area contributed by atoms with Gasteiger partial charge in [0, 0.05) is 36.9 Å². The predicted molar refractivity (Wildman–Crippen MR) is 94.0 cm³/mol. The summed E-state index contributed by atoms with van der Waals surface area (Å²) >= 11 is 1.67. The monoisotopic (exact) mass is 343 g/mol. The first kappa shape index (κ1) is 15.4. The second kappa shape index (κ2) is 6.76. The van der Waals surface area contributed by atoms with Crippen molar-refractivity contribution in [2.75, 3.05) is 24.5 Å². The minimum Gasteiger partial charge on any atom is -0.338 e. The van der Waals surface area contributed by atoms with Crippen LogP contribution in [0.4, 0.5) is 10.7 Å². The van der Waals surface area contributed by atoms with Crippen molar-refractivity contribution in [3.8, 4) is 0 Å². The molecule has 0 aromatic carbocycles. The van der Waals surface area contributed by atoms with Crippen molar-refractivity contribution in [1.29, 1.82) is 0 Å². The number of aromatic nitrogens is 2. The molecule has 24 heavy (non-hydrogen) atoms. The molecule has 2 amide bonds. The number of anilines is 1. The van der Waals surface area contributed by atoms with Crippen molar-refractivity contribution < 1.29 is 4.79 Å². The van der Waals surface area contributed by atoms with Crippen molar-refractivity contribution in [2.24, 2.45) is 5.92 Å². The van der Waals surface area contributed by atoms with Crippen molar-refractivity contribution in [2.45, 2.75) is 25.4 Å². The molecule has 0 saturated carbocycles. The van der Waals surface area contributed by atoms with Gasteiger partial charge < -0.3 is 15.1 Å². The Morgan fingerprint density at radius 2 is 2.08 bits per heavy atom. The number of carbonyl (C=O) groups is 1. The average Bonchev–Trinajstić information content (AvgIpc) is 2.98. The Bertz CT molecular complexity index is 678. The van der Waals surface area contributed by atoms with Gasteiger partial charge in [-0.15, -0.1) is 11.3 Å². The van der Waals surface area contributed by atoms with Crippen LogP contribution in [0.15, 0.2) is 36.0 Å². The van der Waals surface area contributed by atoms with Crippen molar-refractivity contribution >= 4 is 23.3 Å². The number of amides is 2. The van der Waals surface area contributed by atoms with Gasteiger partial charge in [0.1, 0.15) is 0 Å². The number of nitrogens with one attached hydrogen (secondary N) is 1. The molecule has 2 aromatic rings. The van der Waals surface area contributed by atoms with Crippen molar-refractivity contribution in [1.82, 2.24) is 20.2 Å². The molecule has 6 nitrogen and oxygen atoms in total. The molecule has 2 bridgehead atoms. The fourth-order valence-corrected chi connectivity index (χ4v) is 4.27. The summed E-state index contributed by atoms with van der Waals surface area (Å²) in [7, 11) is 0. The summed E-state index contributed by atoms with van der Waals surface area (Å²) in [4.78, 5) is 26.8. The molecule has 2 atom stereocenters. The summed E-state index contributed by atoms with van der Waals surface area (Å²) in [6.07, 6.45) is 5.78. The Labute approximate surface area is 145 Å². The third-order valence-corrected chi connectivity index (χ3v) is 5.68. The van der Waals surface area contributed by atoms with E-state index in [1.807, 2.05) is 28.5 Å². The molecule has 5 heterocycles. The number of carbonyl (C=O) groups excluding carboxylic acids is 1. The molecule has 126 valence electrons. The topological polar surface area (TPSA) is 61.4 Å². The van der Waals surface area contributed by atoms with Crippen LogP contribution in [0.2, 0.25) is 0 Å². The molecule has 3 fully saturated rings. The van der Waals surface area contributed by atoms with Crippen LogP contribution in [-0.4, -0.2) is 46.6 Å². The Balaban J connectivity index is 1.43. The first-order chi connectivity index (χ1) is 11.8. The van der Waals surface area contributed by atoms with Crippen LogP contribution in [0.3, 0.4) is 0 Å². The number of nitrogens with zero attached hydrogens (tertiary/aromatic N) is 4. The van der Waals surface area contributed by atoms with E-state index in [1.165, 1.54) is 11.3 Å². The number of hydrogen-bond donors (Lipinski definition) is 1. The quantitative estimate of drug-likeness (QED) is 0.929. The summed E-state index contributed by atoms with van der Waals surface area (Å²) in [6, 6.07) is 6.18. The van der Waals surface area contributed by atoms with E-state index in [1.54, 1.807) is 23.7 Å². The Hall–Kier alpha value is -2.15. The molecule has 0 aliphatic carbocycles. The highest BCUT2D eigenvalue weighted by Crippen LogP contribution is 2.29. The van der Waals surface area contributed by atoms with Gasteiger partial charge in [-0.2, -0.15) is 0 Å². The minimum atomic E-state index is 0.0499. The average molecular weight is 343 g/mol. The predicted octanol–water partition coefficient (Wildman–Crippen LogP) is 2.35. The van der Waals surface area contributed by atoms with Crippen LogP contribution in [0, 0.1) is 5.92 Å². The zero-order valence-corrected chi connectivity index (χ0v) is 14.3. The smallest absolute Gasteiger partial charge is 0.318 e. The Morgan fingerprint density at radius 1 is 1.21 bits per heavy atom. The summed E-state index contributed by atoms with van der Waals surface area (Å²) < 4.78 is 0. The lowest BCUT2D eigenvalue weighted by Gasteiger charge is -2.35. The molecule has 3 aliphatic rings. The lowest BCUT2D eigenvalue weighted by molar-refractivity contribution is 0.142. The largest absolute Gasteiger partial charge is 0.338 e. The third kappa shape index (κ3) is 3.21. The summed E-state index contributed by atoms with van der Waals surface area (Å²) in [6.45, 7) is 3.17. The van der Waals surface area contributed by atoms with Crippen LogP contribution in [0.5, 0.6) is 0 Å². The maximum absolute atomic E-state index is 12.6. The molecule has 3 saturated heterocycles. The molecule has 5 rings (SSSR count). The summed E-state index contributed by atoms with van der Waals surface area (Å²) in [5.41, 5.74) is 0. The second-order valence-corrected chi connectivity index (χ2v) is 7.47. The maximum atomic E-state index is 12.6. The third-order valence-electron chi connectivity index (χ3n) is 4.80. The molecule has 7 heteroatoms. The van der Waals surface area contributed by atoms with E-state index in [-0.39, 0.29) is 12.1 Å². The van der Waals surface area contributed by atoms with Gasteiger partial charge in [0.05, 0.1) is 12.6 Å². The molecule has 2 aromatic heterocycles. The van der Waals surface area contributed by atoms with Gasteiger partial charge >= 0.3 is 6.03 Å². The van der Waals surface area contributed by atoms with Gasteiger partial charge in [-0.1, -0.05) is 6.07 Å². The number of rotatable bonds is 3. The molecule has 3 aliphatic heterocycles.